The fourth-order valence-corrected chi connectivity index (χ4v) is 8.27. The van der Waals surface area contributed by atoms with Gasteiger partial charge in [0.2, 0.25) is 0 Å². The number of rotatable bonds is 0. The van der Waals surface area contributed by atoms with Crippen molar-refractivity contribution in [2.24, 2.45) is 34.0 Å². The molecule has 0 aromatic heterocycles. The second-order valence-electron chi connectivity index (χ2n) is 9.66. The molecule has 24 heavy (non-hydrogen) atoms. The van der Waals surface area contributed by atoms with Crippen LogP contribution in [0.25, 0.3) is 0 Å². The minimum Gasteiger partial charge on any atom is -0.465 e. The van der Waals surface area contributed by atoms with E-state index in [4.69, 9.17) is 9.47 Å². The highest BCUT2D eigenvalue weighted by molar-refractivity contribution is 5.78. The Kier molecular flexibility index (Phi) is 2.35. The van der Waals surface area contributed by atoms with E-state index in [0.717, 1.165) is 44.1 Å². The maximum Gasteiger partial charge on any atom is 0.312 e. The van der Waals surface area contributed by atoms with E-state index >= 15 is 0 Å². The Morgan fingerprint density at radius 3 is 2.79 bits per heavy atom. The summed E-state index contributed by atoms with van der Waals surface area (Å²) in [6, 6.07) is 0. The normalized spacial score (nSPS) is 63.1. The fourth-order valence-electron chi connectivity index (χ4n) is 8.27. The van der Waals surface area contributed by atoms with Gasteiger partial charge in [-0.3, -0.25) is 4.79 Å². The van der Waals surface area contributed by atoms with Crippen LogP contribution < -0.4 is 0 Å². The smallest absolute Gasteiger partial charge is 0.312 e. The first-order chi connectivity index (χ1) is 11.4. The quantitative estimate of drug-likeness (QED) is 0.547. The molecular formula is C20H26O4. The van der Waals surface area contributed by atoms with E-state index in [1.165, 1.54) is 0 Å². The standard InChI is InChI=1S/C20H26O4/c1-10-11-3-6-19(16(10)21)13(7-11)20-9-23-17(22)18(2)5-4-14(20)24-15(19)8-12(18)20/h11-16,21H,1,3-9H2,2H3/t11-,12+,13+,14-,15+,16-,18-,19+,20-/m0/s1. The molecule has 8 aliphatic rings. The zero-order chi connectivity index (χ0) is 16.5. The molecule has 8 fully saturated rings. The lowest BCUT2D eigenvalue weighted by molar-refractivity contribution is -0.378. The van der Waals surface area contributed by atoms with Crippen LogP contribution in [0.3, 0.4) is 0 Å². The Hall–Kier alpha value is -0.870. The SMILES string of the molecule is C=C1[C@H]2CC[C@]3([C@@H](C2)[C@@]24COC(=O)[C@@]5(C)CC[C@@H]2O[C@@H]3C[C@@H]45)[C@H]1O. The van der Waals surface area contributed by atoms with Crippen LogP contribution in [0.15, 0.2) is 12.2 Å². The third-order valence-electron chi connectivity index (χ3n) is 9.37. The highest BCUT2D eigenvalue weighted by Gasteiger charge is 2.79. The zero-order valence-electron chi connectivity index (χ0n) is 14.3. The molecule has 3 heterocycles. The summed E-state index contributed by atoms with van der Waals surface area (Å²) in [5.41, 5.74) is 0.430. The van der Waals surface area contributed by atoms with Crippen LogP contribution in [-0.2, 0) is 14.3 Å². The van der Waals surface area contributed by atoms with Crippen molar-refractivity contribution < 1.29 is 19.4 Å². The van der Waals surface area contributed by atoms with E-state index in [0.29, 0.717) is 24.4 Å². The molecule has 0 aromatic carbocycles. The minimum atomic E-state index is -0.443. The number of carbonyl (C=O) groups is 1. The molecule has 8 rings (SSSR count). The van der Waals surface area contributed by atoms with Crippen LogP contribution in [0, 0.1) is 34.0 Å². The van der Waals surface area contributed by atoms with E-state index < -0.39 is 6.10 Å². The Morgan fingerprint density at radius 2 is 1.96 bits per heavy atom. The molecule has 3 aliphatic heterocycles. The molecule has 4 heteroatoms. The van der Waals surface area contributed by atoms with Crippen molar-refractivity contribution in [2.75, 3.05) is 6.61 Å². The number of aliphatic hydroxyl groups is 1. The van der Waals surface area contributed by atoms with Gasteiger partial charge in [0.05, 0.1) is 30.3 Å². The molecule has 0 aromatic rings. The molecule has 0 unspecified atom stereocenters. The molecule has 0 radical (unpaired) electrons. The first-order valence-corrected chi connectivity index (χ1v) is 9.64. The average Bonchev–Trinajstić information content (AvgIpc) is 2.59. The van der Waals surface area contributed by atoms with E-state index in [1.807, 2.05) is 0 Å². The summed E-state index contributed by atoms with van der Waals surface area (Å²) in [7, 11) is 0. The lowest BCUT2D eigenvalue weighted by Gasteiger charge is -2.77. The molecule has 1 N–H and O–H groups in total. The number of aliphatic hydroxyl groups excluding tert-OH is 1. The van der Waals surface area contributed by atoms with Gasteiger partial charge in [-0.05, 0) is 68.8 Å². The molecule has 2 spiro atoms. The topological polar surface area (TPSA) is 55.8 Å². The maximum absolute atomic E-state index is 12.6. The van der Waals surface area contributed by atoms with Crippen LogP contribution in [0.4, 0.5) is 0 Å². The van der Waals surface area contributed by atoms with Gasteiger partial charge < -0.3 is 14.6 Å². The number of cyclic esters (lactones) is 1. The number of hydrogen-bond acceptors (Lipinski definition) is 4. The fraction of sp³-hybridized carbons (Fsp3) is 0.850. The van der Waals surface area contributed by atoms with Crippen molar-refractivity contribution in [2.45, 2.75) is 63.8 Å². The number of carbonyl (C=O) groups excluding carboxylic acids is 1. The Labute approximate surface area is 142 Å². The summed E-state index contributed by atoms with van der Waals surface area (Å²) in [4.78, 5) is 12.6. The molecule has 5 saturated carbocycles. The molecule has 130 valence electrons. The van der Waals surface area contributed by atoms with Gasteiger partial charge in [0.25, 0.3) is 0 Å². The first-order valence-electron chi connectivity index (χ1n) is 9.64. The predicted octanol–water partition coefficient (Wildman–Crippen LogP) is 2.45. The largest absolute Gasteiger partial charge is 0.465 e. The summed E-state index contributed by atoms with van der Waals surface area (Å²) < 4.78 is 12.4. The zero-order valence-corrected chi connectivity index (χ0v) is 14.3. The van der Waals surface area contributed by atoms with Crippen molar-refractivity contribution in [1.29, 1.82) is 0 Å². The monoisotopic (exact) mass is 330 g/mol. The van der Waals surface area contributed by atoms with Crippen LogP contribution in [0.2, 0.25) is 0 Å². The van der Waals surface area contributed by atoms with Gasteiger partial charge in [-0.2, -0.15) is 0 Å². The summed E-state index contributed by atoms with van der Waals surface area (Å²) in [6.45, 7) is 6.86. The van der Waals surface area contributed by atoms with Crippen molar-refractivity contribution in [3.8, 4) is 0 Å². The lowest BCUT2D eigenvalue weighted by atomic mass is 9.32. The number of hydrogen-bond donors (Lipinski definition) is 1. The van der Waals surface area contributed by atoms with Crippen LogP contribution >= 0.6 is 0 Å². The van der Waals surface area contributed by atoms with E-state index in [2.05, 4.69) is 13.5 Å². The highest BCUT2D eigenvalue weighted by atomic mass is 16.5. The Bertz CT molecular complexity index is 671. The van der Waals surface area contributed by atoms with Gasteiger partial charge in [-0.25, -0.2) is 0 Å². The lowest BCUT2D eigenvalue weighted by Crippen LogP contribution is -2.80. The molecule has 9 atom stereocenters. The molecule has 0 amide bonds. The van der Waals surface area contributed by atoms with Gasteiger partial charge in [-0.1, -0.05) is 6.58 Å². The Balaban J connectivity index is 1.57. The number of ether oxygens (including phenoxy) is 2. The van der Waals surface area contributed by atoms with Crippen molar-refractivity contribution in [1.82, 2.24) is 0 Å². The molecule has 7 bridgehead atoms. The number of fused-ring (bicyclic) bond motifs is 2. The summed E-state index contributed by atoms with van der Waals surface area (Å²) in [6.07, 6.45) is 5.89. The molecular weight excluding hydrogens is 304 g/mol. The van der Waals surface area contributed by atoms with Crippen molar-refractivity contribution >= 4 is 5.97 Å². The summed E-state index contributed by atoms with van der Waals surface area (Å²) in [5, 5.41) is 11.2. The Morgan fingerprint density at radius 1 is 1.12 bits per heavy atom. The van der Waals surface area contributed by atoms with E-state index in [-0.39, 0.29) is 34.4 Å². The van der Waals surface area contributed by atoms with Gasteiger partial charge >= 0.3 is 5.97 Å². The second-order valence-corrected chi connectivity index (χ2v) is 9.66. The van der Waals surface area contributed by atoms with Crippen molar-refractivity contribution in [3.05, 3.63) is 12.2 Å². The second kappa shape index (κ2) is 3.93. The van der Waals surface area contributed by atoms with Crippen LogP contribution in [0.1, 0.15) is 45.4 Å². The van der Waals surface area contributed by atoms with Crippen LogP contribution in [-0.4, -0.2) is 36.0 Å². The highest BCUT2D eigenvalue weighted by Crippen LogP contribution is 2.77. The van der Waals surface area contributed by atoms with E-state index in [1.54, 1.807) is 0 Å². The molecule has 3 saturated heterocycles. The first kappa shape index (κ1) is 14.3. The van der Waals surface area contributed by atoms with Gasteiger partial charge in [-0.15, -0.1) is 0 Å². The molecule has 5 aliphatic carbocycles. The van der Waals surface area contributed by atoms with Gasteiger partial charge in [0.15, 0.2) is 0 Å². The minimum absolute atomic E-state index is 0.00380. The van der Waals surface area contributed by atoms with Gasteiger partial charge in [0, 0.05) is 10.8 Å². The average molecular weight is 330 g/mol. The maximum atomic E-state index is 12.6. The van der Waals surface area contributed by atoms with Crippen molar-refractivity contribution in [3.63, 3.8) is 0 Å². The summed E-state index contributed by atoms with van der Waals surface area (Å²) in [5.74, 6) is 1.22. The third kappa shape index (κ3) is 1.18. The van der Waals surface area contributed by atoms with Gasteiger partial charge in [0.1, 0.15) is 0 Å². The van der Waals surface area contributed by atoms with E-state index in [9.17, 15) is 9.90 Å². The third-order valence-corrected chi connectivity index (χ3v) is 9.37. The number of esters is 1. The summed E-state index contributed by atoms with van der Waals surface area (Å²) >= 11 is 0. The van der Waals surface area contributed by atoms with Crippen LogP contribution in [0.5, 0.6) is 0 Å². The molecule has 4 nitrogen and oxygen atoms in total. The predicted molar refractivity (Wildman–Crippen MR) is 85.9 cm³/mol.